The van der Waals surface area contributed by atoms with Crippen LogP contribution in [0.1, 0.15) is 18.1 Å². The minimum Gasteiger partial charge on any atom is -0.387 e. The first-order valence-corrected chi connectivity index (χ1v) is 9.57. The van der Waals surface area contributed by atoms with E-state index in [4.69, 9.17) is 5.41 Å². The van der Waals surface area contributed by atoms with Crippen molar-refractivity contribution in [1.82, 2.24) is 14.0 Å². The molecule has 0 aliphatic heterocycles. The van der Waals surface area contributed by atoms with Crippen molar-refractivity contribution in [2.45, 2.75) is 25.6 Å². The molecule has 2 aromatic carbocycles. The molecule has 0 fully saturated rings. The summed E-state index contributed by atoms with van der Waals surface area (Å²) in [6.07, 6.45) is 0.325. The molecule has 0 unspecified atom stereocenters. The Labute approximate surface area is 162 Å². The van der Waals surface area contributed by atoms with Crippen molar-refractivity contribution in [3.8, 4) is 0 Å². The summed E-state index contributed by atoms with van der Waals surface area (Å²) < 4.78 is 4.92. The number of benzene rings is 2. The molecular formula is C20H25BrN4O. The number of aliphatic hydroxyl groups excluding tert-OH is 1. The molecule has 6 heteroatoms. The summed E-state index contributed by atoms with van der Waals surface area (Å²) >= 11 is 3.42. The van der Waals surface area contributed by atoms with Gasteiger partial charge in [0, 0.05) is 11.0 Å². The average molecular weight is 417 g/mol. The Morgan fingerprint density at radius 2 is 1.65 bits per heavy atom. The molecule has 0 radical (unpaired) electrons. The molecule has 2 N–H and O–H groups in total. The van der Waals surface area contributed by atoms with E-state index in [1.807, 2.05) is 57.7 Å². The van der Waals surface area contributed by atoms with Crippen molar-refractivity contribution < 1.29 is 5.11 Å². The molecule has 138 valence electrons. The molecule has 3 rings (SSSR count). The second-order valence-electron chi connectivity index (χ2n) is 6.80. The van der Waals surface area contributed by atoms with Gasteiger partial charge in [0.2, 0.25) is 5.62 Å². The summed E-state index contributed by atoms with van der Waals surface area (Å²) in [6, 6.07) is 15.7. The van der Waals surface area contributed by atoms with Crippen molar-refractivity contribution >= 4 is 27.0 Å². The molecule has 1 heterocycles. The van der Waals surface area contributed by atoms with Crippen molar-refractivity contribution in [2.24, 2.45) is 0 Å². The third kappa shape index (κ3) is 4.09. The predicted octanol–water partition coefficient (Wildman–Crippen LogP) is 3.37. The third-order valence-electron chi connectivity index (χ3n) is 4.57. The molecule has 0 aliphatic rings. The van der Waals surface area contributed by atoms with Crippen molar-refractivity contribution in [3.05, 3.63) is 64.2 Å². The first kappa shape index (κ1) is 18.9. The number of halogens is 1. The van der Waals surface area contributed by atoms with Crippen molar-refractivity contribution in [3.63, 3.8) is 0 Å². The number of aromatic nitrogens is 2. The van der Waals surface area contributed by atoms with Gasteiger partial charge < -0.3 is 19.1 Å². The maximum Gasteiger partial charge on any atom is 0.203 e. The Morgan fingerprint density at radius 3 is 2.27 bits per heavy atom. The van der Waals surface area contributed by atoms with E-state index in [-0.39, 0.29) is 0 Å². The van der Waals surface area contributed by atoms with Gasteiger partial charge in [0.15, 0.2) is 0 Å². The molecule has 1 aromatic heterocycles. The maximum absolute atomic E-state index is 10.7. The molecule has 0 spiro atoms. The number of fused-ring (bicyclic) bond motifs is 1. The van der Waals surface area contributed by atoms with Crippen LogP contribution in [0.3, 0.4) is 0 Å². The Hall–Kier alpha value is -1.89. The van der Waals surface area contributed by atoms with Gasteiger partial charge >= 0.3 is 0 Å². The number of para-hydroxylation sites is 2. The van der Waals surface area contributed by atoms with Gasteiger partial charge in [0.1, 0.15) is 0 Å². The van der Waals surface area contributed by atoms with Crippen LogP contribution in [-0.4, -0.2) is 39.8 Å². The topological polar surface area (TPSA) is 57.2 Å². The predicted molar refractivity (Wildman–Crippen MR) is 108 cm³/mol. The number of rotatable bonds is 7. The number of nitrogens with zero attached hydrogens (tertiary/aromatic N) is 3. The van der Waals surface area contributed by atoms with Crippen LogP contribution in [0.5, 0.6) is 0 Å². The monoisotopic (exact) mass is 416 g/mol. The second kappa shape index (κ2) is 8.20. The second-order valence-corrected chi connectivity index (χ2v) is 7.71. The fraction of sp³-hybridized carbons (Fsp3) is 0.350. The minimum absolute atomic E-state index is 0.363. The van der Waals surface area contributed by atoms with E-state index in [1.165, 1.54) is 0 Å². The highest BCUT2D eigenvalue weighted by Gasteiger charge is 2.15. The quantitative estimate of drug-likeness (QED) is 0.620. The van der Waals surface area contributed by atoms with E-state index in [2.05, 4.69) is 34.9 Å². The number of aliphatic hydroxyl groups is 1. The molecule has 5 nitrogen and oxygen atoms in total. The van der Waals surface area contributed by atoms with Gasteiger partial charge in [-0.25, -0.2) is 0 Å². The first-order chi connectivity index (χ1) is 12.5. The summed E-state index contributed by atoms with van der Waals surface area (Å²) in [4.78, 5) is 2.15. The molecule has 26 heavy (non-hydrogen) atoms. The summed E-state index contributed by atoms with van der Waals surface area (Å²) in [5.74, 6) is 0. The van der Waals surface area contributed by atoms with Crippen molar-refractivity contribution in [1.29, 1.82) is 5.41 Å². The van der Waals surface area contributed by atoms with Gasteiger partial charge in [0.25, 0.3) is 0 Å². The Balaban J connectivity index is 1.91. The van der Waals surface area contributed by atoms with Crippen LogP contribution >= 0.6 is 15.9 Å². The lowest BCUT2D eigenvalue weighted by Gasteiger charge is -2.13. The lowest BCUT2D eigenvalue weighted by atomic mass is 10.1. The van der Waals surface area contributed by atoms with Gasteiger partial charge in [-0.3, -0.25) is 5.41 Å². The van der Waals surface area contributed by atoms with E-state index in [9.17, 15) is 5.11 Å². The summed E-state index contributed by atoms with van der Waals surface area (Å²) in [6.45, 7) is 2.13. The fourth-order valence-electron chi connectivity index (χ4n) is 3.21. The normalized spacial score (nSPS) is 12.8. The van der Waals surface area contributed by atoms with Crippen LogP contribution in [0, 0.1) is 5.41 Å². The Morgan fingerprint density at radius 1 is 1.04 bits per heavy atom. The number of aryl methyl sites for hydroxylation is 1. The summed E-state index contributed by atoms with van der Waals surface area (Å²) in [5, 5.41) is 19.3. The van der Waals surface area contributed by atoms with Gasteiger partial charge in [-0.15, -0.1) is 0 Å². The largest absolute Gasteiger partial charge is 0.387 e. The molecule has 0 saturated heterocycles. The van der Waals surface area contributed by atoms with Gasteiger partial charge in [-0.2, -0.15) is 0 Å². The van der Waals surface area contributed by atoms with Gasteiger partial charge in [-0.05, 0) is 56.9 Å². The molecular weight excluding hydrogens is 392 g/mol. The van der Waals surface area contributed by atoms with Crippen LogP contribution in [0.4, 0.5) is 0 Å². The first-order valence-electron chi connectivity index (χ1n) is 8.78. The molecule has 0 saturated carbocycles. The zero-order chi connectivity index (χ0) is 18.7. The van der Waals surface area contributed by atoms with E-state index in [0.717, 1.165) is 40.6 Å². The SMILES string of the molecule is CN(C)CCCn1c(=N)n(C[C@H](O)c2ccc(Br)cc2)c2ccccc21. The highest BCUT2D eigenvalue weighted by atomic mass is 79.9. The molecule has 3 aromatic rings. The standard InChI is InChI=1S/C20H25BrN4O/c1-23(2)12-5-13-24-17-6-3-4-7-18(17)25(20(24)22)14-19(26)15-8-10-16(21)11-9-15/h3-4,6-11,19,22,26H,5,12-14H2,1-2H3/t19-/m0/s1. The highest BCUT2D eigenvalue weighted by molar-refractivity contribution is 9.10. The molecule has 0 bridgehead atoms. The summed E-state index contributed by atoms with van der Waals surface area (Å²) in [7, 11) is 4.12. The molecule has 1 atom stereocenters. The van der Waals surface area contributed by atoms with Gasteiger partial charge in [0.05, 0.1) is 23.7 Å². The molecule has 0 amide bonds. The number of hydrogen-bond donors (Lipinski definition) is 2. The average Bonchev–Trinajstić information content (AvgIpc) is 2.88. The van der Waals surface area contributed by atoms with E-state index in [1.54, 1.807) is 0 Å². The zero-order valence-corrected chi connectivity index (χ0v) is 16.8. The van der Waals surface area contributed by atoms with Crippen LogP contribution in [0.25, 0.3) is 11.0 Å². The number of hydrogen-bond acceptors (Lipinski definition) is 3. The minimum atomic E-state index is -0.654. The lowest BCUT2D eigenvalue weighted by molar-refractivity contribution is 0.155. The number of nitrogens with one attached hydrogen (secondary N) is 1. The summed E-state index contributed by atoms with van der Waals surface area (Å²) in [5.41, 5.74) is 3.31. The van der Waals surface area contributed by atoms with Crippen LogP contribution < -0.4 is 5.62 Å². The molecule has 0 aliphatic carbocycles. The lowest BCUT2D eigenvalue weighted by Crippen LogP contribution is -2.27. The van der Waals surface area contributed by atoms with Crippen LogP contribution in [0.2, 0.25) is 0 Å². The van der Waals surface area contributed by atoms with Crippen LogP contribution in [-0.2, 0) is 13.1 Å². The van der Waals surface area contributed by atoms with Crippen molar-refractivity contribution in [2.75, 3.05) is 20.6 Å². The van der Waals surface area contributed by atoms with E-state index < -0.39 is 6.10 Å². The fourth-order valence-corrected chi connectivity index (χ4v) is 3.48. The third-order valence-corrected chi connectivity index (χ3v) is 5.10. The van der Waals surface area contributed by atoms with Gasteiger partial charge in [-0.1, -0.05) is 40.2 Å². The zero-order valence-electron chi connectivity index (χ0n) is 15.2. The Bertz CT molecular complexity index is 927. The maximum atomic E-state index is 10.7. The van der Waals surface area contributed by atoms with E-state index >= 15 is 0 Å². The van der Waals surface area contributed by atoms with E-state index in [0.29, 0.717) is 12.2 Å². The van der Waals surface area contributed by atoms with Crippen LogP contribution in [0.15, 0.2) is 53.0 Å². The number of imidazole rings is 1. The highest BCUT2D eigenvalue weighted by Crippen LogP contribution is 2.20. The Kier molecular flexibility index (Phi) is 5.96. The smallest absolute Gasteiger partial charge is 0.203 e.